The van der Waals surface area contributed by atoms with E-state index < -0.39 is 0 Å². The van der Waals surface area contributed by atoms with E-state index in [4.69, 9.17) is 9.40 Å². The number of hydrogen-bond donors (Lipinski definition) is 0. The summed E-state index contributed by atoms with van der Waals surface area (Å²) in [4.78, 5) is 5.72. The molecule has 6 nitrogen and oxygen atoms in total. The minimum atomic E-state index is 0.513. The van der Waals surface area contributed by atoms with Gasteiger partial charge in [0.05, 0.1) is 50.1 Å². The van der Waals surface area contributed by atoms with Crippen LogP contribution in [0.5, 0.6) is 0 Å². The minimum absolute atomic E-state index is 0.513. The molecule has 464 valence electrons. The van der Waals surface area contributed by atoms with Gasteiger partial charge in [-0.3, -0.25) is 0 Å². The molecule has 0 aliphatic heterocycles. The topological polar surface area (TPSA) is 64.6 Å². The molecule has 0 spiro atoms. The van der Waals surface area contributed by atoms with Crippen molar-refractivity contribution in [3.8, 4) is 101 Å². The van der Waals surface area contributed by atoms with Crippen LogP contribution in [0.15, 0.2) is 320 Å². The maximum absolute atomic E-state index is 13.0. The van der Waals surface area contributed by atoms with Crippen molar-refractivity contribution in [3.05, 3.63) is 338 Å². The molecule has 19 aromatic rings. The standard InChI is InChI=1S/C93H61N5O/c1-57-33-50-82-74(53-57)68-23-10-14-28-79(68)96(82)65-42-36-61(37-43-65)87-77(56-94)91(73-48-49-78(60-19-6-4-7-20-60)95-93(73)64-21-8-5-9-22-64)88(62-38-44-66(45-39-62)97-80-29-15-11-24-69(80)75-54-58(2)34-51-83(75)97)89(92(87)72-27-18-32-86-90(72)71-26-13-17-31-85(71)99-86)63-40-46-67(47-41-63)98-81-30-16-12-25-70(81)76-55-59(3)35-52-84(76)98/h4-55H,1-3H3. The monoisotopic (exact) mass is 1260 g/mol. The first-order valence-electron chi connectivity index (χ1n) is 33.8. The molecule has 0 aliphatic rings. The number of aryl methyl sites for hydroxylation is 3. The normalized spacial score (nSPS) is 11.8. The maximum atomic E-state index is 13.0. The average Bonchev–Trinajstić information content (AvgIpc) is 1.16. The molecular formula is C93H61N5O. The van der Waals surface area contributed by atoms with Gasteiger partial charge in [0.1, 0.15) is 17.2 Å². The van der Waals surface area contributed by atoms with Crippen molar-refractivity contribution >= 4 is 87.4 Å². The summed E-state index contributed by atoms with van der Waals surface area (Å²) >= 11 is 0. The third-order valence-corrected chi connectivity index (χ3v) is 20.3. The van der Waals surface area contributed by atoms with Gasteiger partial charge in [0.25, 0.3) is 0 Å². The molecule has 0 unspecified atom stereocenters. The summed E-state index contributed by atoms with van der Waals surface area (Å²) in [6.07, 6.45) is 0. The van der Waals surface area contributed by atoms with Crippen LogP contribution in [0.2, 0.25) is 0 Å². The molecule has 0 atom stereocenters. The lowest BCUT2D eigenvalue weighted by atomic mass is 9.75. The Morgan fingerprint density at radius 3 is 1.18 bits per heavy atom. The first-order valence-corrected chi connectivity index (χ1v) is 33.8. The van der Waals surface area contributed by atoms with Gasteiger partial charge in [-0.15, -0.1) is 0 Å². The second kappa shape index (κ2) is 22.8. The molecule has 14 aromatic carbocycles. The number of nitrogens with zero attached hydrogens (tertiary/aromatic N) is 5. The lowest BCUT2D eigenvalue weighted by molar-refractivity contribution is 0.669. The van der Waals surface area contributed by atoms with E-state index in [-0.39, 0.29) is 0 Å². The fourth-order valence-electron chi connectivity index (χ4n) is 15.9. The number of aromatic nitrogens is 4. The van der Waals surface area contributed by atoms with E-state index in [0.717, 1.165) is 150 Å². The molecule has 0 fully saturated rings. The summed E-state index contributed by atoms with van der Waals surface area (Å²) in [6, 6.07) is 116. The molecule has 99 heavy (non-hydrogen) atoms. The van der Waals surface area contributed by atoms with E-state index >= 15 is 0 Å². The summed E-state index contributed by atoms with van der Waals surface area (Å²) in [7, 11) is 0. The molecule has 0 N–H and O–H groups in total. The Morgan fingerprint density at radius 2 is 0.697 bits per heavy atom. The summed E-state index contributed by atoms with van der Waals surface area (Å²) in [5.74, 6) is 0. The lowest BCUT2D eigenvalue weighted by Gasteiger charge is -2.27. The van der Waals surface area contributed by atoms with Crippen LogP contribution < -0.4 is 0 Å². The minimum Gasteiger partial charge on any atom is -0.456 e. The van der Waals surface area contributed by atoms with Crippen LogP contribution in [0.4, 0.5) is 0 Å². The van der Waals surface area contributed by atoms with Crippen LogP contribution in [-0.2, 0) is 0 Å². The second-order valence-corrected chi connectivity index (χ2v) is 26.2. The Hall–Kier alpha value is -13.1. The van der Waals surface area contributed by atoms with Crippen molar-refractivity contribution in [3.63, 3.8) is 0 Å². The highest BCUT2D eigenvalue weighted by Gasteiger charge is 2.32. The summed E-state index contributed by atoms with van der Waals surface area (Å²) < 4.78 is 14.0. The molecule has 0 saturated carbocycles. The van der Waals surface area contributed by atoms with Crippen molar-refractivity contribution in [1.82, 2.24) is 18.7 Å². The van der Waals surface area contributed by atoms with E-state index in [2.05, 4.69) is 344 Å². The number of furan rings is 1. The molecule has 5 aromatic heterocycles. The van der Waals surface area contributed by atoms with Crippen LogP contribution in [0.25, 0.3) is 183 Å². The van der Waals surface area contributed by atoms with Crippen LogP contribution in [-0.4, -0.2) is 18.7 Å². The predicted octanol–water partition coefficient (Wildman–Crippen LogP) is 24.7. The number of nitriles is 1. The highest BCUT2D eigenvalue weighted by molar-refractivity contribution is 6.20. The van der Waals surface area contributed by atoms with Crippen molar-refractivity contribution in [2.75, 3.05) is 0 Å². The van der Waals surface area contributed by atoms with Gasteiger partial charge in [-0.2, -0.15) is 5.26 Å². The molecule has 6 heteroatoms. The second-order valence-electron chi connectivity index (χ2n) is 26.2. The van der Waals surface area contributed by atoms with E-state index in [1.54, 1.807) is 0 Å². The smallest absolute Gasteiger partial charge is 0.136 e. The maximum Gasteiger partial charge on any atom is 0.136 e. The quantitative estimate of drug-likeness (QED) is 0.137. The van der Waals surface area contributed by atoms with Gasteiger partial charge >= 0.3 is 0 Å². The first kappa shape index (κ1) is 57.4. The highest BCUT2D eigenvalue weighted by Crippen LogP contribution is 2.56. The fraction of sp³-hybridized carbons (Fsp3) is 0.0323. The van der Waals surface area contributed by atoms with Gasteiger partial charge in [0, 0.05) is 93.5 Å². The molecule has 0 radical (unpaired) electrons. The van der Waals surface area contributed by atoms with Crippen molar-refractivity contribution < 1.29 is 4.42 Å². The third-order valence-electron chi connectivity index (χ3n) is 20.3. The van der Waals surface area contributed by atoms with Crippen LogP contribution in [0.1, 0.15) is 22.3 Å². The van der Waals surface area contributed by atoms with E-state index in [9.17, 15) is 5.26 Å². The van der Waals surface area contributed by atoms with Gasteiger partial charge in [-0.1, -0.05) is 217 Å². The molecule has 0 amide bonds. The third kappa shape index (κ3) is 9.13. The van der Waals surface area contributed by atoms with Gasteiger partial charge < -0.3 is 18.1 Å². The van der Waals surface area contributed by atoms with Crippen molar-refractivity contribution in [2.45, 2.75) is 20.8 Å². The fourth-order valence-corrected chi connectivity index (χ4v) is 15.9. The molecule has 0 bridgehead atoms. The van der Waals surface area contributed by atoms with Gasteiger partial charge in [0.15, 0.2) is 0 Å². The lowest BCUT2D eigenvalue weighted by Crippen LogP contribution is -2.05. The number of hydrogen-bond acceptors (Lipinski definition) is 3. The number of benzene rings is 14. The molecular weight excluding hydrogens is 1200 g/mol. The van der Waals surface area contributed by atoms with E-state index in [0.29, 0.717) is 5.56 Å². The number of para-hydroxylation sites is 4. The predicted molar refractivity (Wildman–Crippen MR) is 412 cm³/mol. The molecule has 0 aliphatic carbocycles. The van der Waals surface area contributed by atoms with Crippen LogP contribution in [0.3, 0.4) is 0 Å². The zero-order chi connectivity index (χ0) is 66.0. The molecule has 0 saturated heterocycles. The average molecular weight is 1260 g/mol. The summed E-state index contributed by atoms with van der Waals surface area (Å²) in [5, 5.41) is 22.1. The largest absolute Gasteiger partial charge is 0.456 e. The van der Waals surface area contributed by atoms with Crippen molar-refractivity contribution in [2.24, 2.45) is 0 Å². The first-order chi connectivity index (χ1) is 48.8. The van der Waals surface area contributed by atoms with Gasteiger partial charge in [-0.05, 0) is 169 Å². The number of rotatable bonds is 10. The number of fused-ring (bicyclic) bond motifs is 12. The van der Waals surface area contributed by atoms with Crippen LogP contribution in [0, 0.1) is 32.1 Å². The Morgan fingerprint density at radius 1 is 0.293 bits per heavy atom. The Balaban J connectivity index is 0.973. The molecule has 5 heterocycles. The van der Waals surface area contributed by atoms with Gasteiger partial charge in [0.2, 0.25) is 0 Å². The SMILES string of the molecule is Cc1ccc2c(c1)c1ccccc1n2-c1ccc(-c2c(C#N)c(-c3ccc(-c4ccccc4)nc3-c3ccccc3)c(-c3ccc(-n4c5ccccc5c5cc(C)ccc54)cc3)c(-c3ccc(-n4c5ccccc5c5cc(C)ccc54)cc3)c2-c2cccc3oc4ccccc4c23)cc1. The van der Waals surface area contributed by atoms with E-state index in [1.807, 2.05) is 12.1 Å². The molecule has 19 rings (SSSR count). The highest BCUT2D eigenvalue weighted by atomic mass is 16.3. The van der Waals surface area contributed by atoms with Crippen molar-refractivity contribution in [1.29, 1.82) is 5.26 Å². The zero-order valence-electron chi connectivity index (χ0n) is 54.7. The number of pyridine rings is 1. The Bertz CT molecular complexity index is 6540. The summed E-state index contributed by atoms with van der Waals surface area (Å²) in [6.45, 7) is 6.49. The summed E-state index contributed by atoms with van der Waals surface area (Å²) in [5.41, 5.74) is 27.8. The zero-order valence-corrected chi connectivity index (χ0v) is 54.7. The van der Waals surface area contributed by atoms with Crippen LogP contribution >= 0.6 is 0 Å². The van der Waals surface area contributed by atoms with Gasteiger partial charge in [-0.25, -0.2) is 4.98 Å². The Labute approximate surface area is 572 Å². The van der Waals surface area contributed by atoms with E-state index in [1.165, 1.54) is 49.0 Å². The Kier molecular flexibility index (Phi) is 13.2.